The molecular formula is C25H29N3O2. The Labute approximate surface area is 178 Å². The van der Waals surface area contributed by atoms with Crippen LogP contribution in [0.1, 0.15) is 31.0 Å². The average molecular weight is 404 g/mol. The summed E-state index contributed by atoms with van der Waals surface area (Å²) in [6, 6.07) is 21.6. The molecule has 0 bridgehead atoms. The van der Waals surface area contributed by atoms with Crippen LogP contribution in [0.15, 0.2) is 66.7 Å². The Morgan fingerprint density at radius 1 is 0.933 bits per heavy atom. The number of hydrogen-bond donors (Lipinski definition) is 2. The van der Waals surface area contributed by atoms with Gasteiger partial charge < -0.3 is 10.2 Å². The molecule has 156 valence electrons. The summed E-state index contributed by atoms with van der Waals surface area (Å²) < 4.78 is 0. The van der Waals surface area contributed by atoms with E-state index in [9.17, 15) is 9.59 Å². The Balaban J connectivity index is 1.58. The summed E-state index contributed by atoms with van der Waals surface area (Å²) in [4.78, 5) is 26.5. The quantitative estimate of drug-likeness (QED) is 0.619. The van der Waals surface area contributed by atoms with Crippen molar-refractivity contribution in [1.29, 1.82) is 0 Å². The fourth-order valence-electron chi connectivity index (χ4n) is 3.63. The third-order valence-corrected chi connectivity index (χ3v) is 5.25. The van der Waals surface area contributed by atoms with Gasteiger partial charge in [-0.1, -0.05) is 60.2 Å². The molecule has 0 fully saturated rings. The van der Waals surface area contributed by atoms with Crippen molar-refractivity contribution in [2.75, 3.05) is 18.9 Å². The van der Waals surface area contributed by atoms with E-state index in [0.29, 0.717) is 0 Å². The lowest BCUT2D eigenvalue weighted by molar-refractivity contribution is -0.135. The van der Waals surface area contributed by atoms with E-state index >= 15 is 0 Å². The van der Waals surface area contributed by atoms with Crippen LogP contribution in [0.3, 0.4) is 0 Å². The number of amides is 2. The Bertz CT molecular complexity index is 1020. The van der Waals surface area contributed by atoms with E-state index in [0.717, 1.165) is 16.8 Å². The van der Waals surface area contributed by atoms with Crippen molar-refractivity contribution >= 4 is 28.3 Å². The van der Waals surface area contributed by atoms with Gasteiger partial charge in [-0.25, -0.2) is 0 Å². The smallest absolute Gasteiger partial charge is 0.243 e. The van der Waals surface area contributed by atoms with E-state index in [1.807, 2.05) is 56.3 Å². The molecule has 3 aromatic carbocycles. The molecule has 0 heterocycles. The average Bonchev–Trinajstić information content (AvgIpc) is 2.74. The van der Waals surface area contributed by atoms with Gasteiger partial charge in [0.15, 0.2) is 0 Å². The number of fused-ring (bicyclic) bond motifs is 1. The van der Waals surface area contributed by atoms with Crippen LogP contribution in [0, 0.1) is 6.92 Å². The molecule has 3 aromatic rings. The number of nitrogens with one attached hydrogen (secondary N) is 2. The number of nitrogens with zero attached hydrogens (tertiary/aromatic N) is 1. The molecule has 0 aliphatic heterocycles. The van der Waals surface area contributed by atoms with Crippen LogP contribution in [0.4, 0.5) is 5.69 Å². The minimum atomic E-state index is -0.420. The number of benzene rings is 3. The largest absolute Gasteiger partial charge is 0.335 e. The summed E-state index contributed by atoms with van der Waals surface area (Å²) in [6.07, 6.45) is 0. The third-order valence-electron chi connectivity index (χ3n) is 5.25. The Morgan fingerprint density at radius 3 is 2.33 bits per heavy atom. The van der Waals surface area contributed by atoms with E-state index in [-0.39, 0.29) is 24.4 Å². The van der Waals surface area contributed by atoms with Gasteiger partial charge in [0.2, 0.25) is 11.8 Å². The highest BCUT2D eigenvalue weighted by Gasteiger charge is 2.22. The van der Waals surface area contributed by atoms with Gasteiger partial charge in [0.05, 0.1) is 12.6 Å². The summed E-state index contributed by atoms with van der Waals surface area (Å²) in [6.45, 7) is 5.88. The maximum Gasteiger partial charge on any atom is 0.243 e. The van der Waals surface area contributed by atoms with Crippen LogP contribution >= 0.6 is 0 Å². The number of carbonyl (C=O) groups is 2. The number of hydrogen-bond acceptors (Lipinski definition) is 3. The molecule has 30 heavy (non-hydrogen) atoms. The van der Waals surface area contributed by atoms with Gasteiger partial charge in [0.1, 0.15) is 0 Å². The van der Waals surface area contributed by atoms with E-state index in [1.54, 1.807) is 7.05 Å². The van der Waals surface area contributed by atoms with Crippen LogP contribution in [0.5, 0.6) is 0 Å². The first-order valence-electron chi connectivity index (χ1n) is 10.2. The minimum Gasteiger partial charge on any atom is -0.335 e. The molecule has 0 unspecified atom stereocenters. The van der Waals surface area contributed by atoms with Crippen molar-refractivity contribution in [3.8, 4) is 0 Å². The van der Waals surface area contributed by atoms with Crippen molar-refractivity contribution in [1.82, 2.24) is 10.2 Å². The molecule has 0 saturated carbocycles. The molecule has 2 amide bonds. The summed E-state index contributed by atoms with van der Waals surface area (Å²) >= 11 is 0. The molecule has 2 N–H and O–H groups in total. The lowest BCUT2D eigenvalue weighted by Crippen LogP contribution is -2.46. The first-order valence-corrected chi connectivity index (χ1v) is 10.2. The zero-order valence-electron chi connectivity index (χ0n) is 18.0. The van der Waals surface area contributed by atoms with E-state index in [2.05, 4.69) is 41.8 Å². The summed E-state index contributed by atoms with van der Waals surface area (Å²) in [5.74, 6) is -0.342. The highest BCUT2D eigenvalue weighted by Crippen LogP contribution is 2.24. The number of likely N-dealkylation sites (N-methyl/N-ethyl adjacent to an activating group) is 1. The van der Waals surface area contributed by atoms with Crippen LogP contribution in [0.2, 0.25) is 0 Å². The number of anilines is 1. The van der Waals surface area contributed by atoms with E-state index < -0.39 is 6.04 Å². The molecule has 0 saturated heterocycles. The van der Waals surface area contributed by atoms with Gasteiger partial charge >= 0.3 is 0 Å². The summed E-state index contributed by atoms with van der Waals surface area (Å²) in [5, 5.41) is 8.55. The first kappa shape index (κ1) is 21.5. The summed E-state index contributed by atoms with van der Waals surface area (Å²) in [7, 11) is 1.65. The molecular weight excluding hydrogens is 374 g/mol. The standard InChI is InChI=1S/C25H29N3O2/c1-17-12-14-21(15-13-17)27-24(29)16-28(4)25(30)19(3)26-18(2)22-11-7-9-20-8-5-6-10-23(20)22/h5-15,18-19,26H,16H2,1-4H3,(H,27,29)/t18-,19-/m0/s1. The molecule has 5 heteroatoms. The molecule has 0 spiro atoms. The van der Waals surface area contributed by atoms with Gasteiger partial charge in [-0.2, -0.15) is 0 Å². The highest BCUT2D eigenvalue weighted by atomic mass is 16.2. The number of carbonyl (C=O) groups excluding carboxylic acids is 2. The zero-order chi connectivity index (χ0) is 21.7. The van der Waals surface area contributed by atoms with E-state index in [1.165, 1.54) is 15.7 Å². The Kier molecular flexibility index (Phi) is 6.85. The fourth-order valence-corrected chi connectivity index (χ4v) is 3.63. The number of rotatable bonds is 7. The second-order valence-corrected chi connectivity index (χ2v) is 7.79. The SMILES string of the molecule is Cc1ccc(NC(=O)CN(C)C(=O)[C@H](C)N[C@@H](C)c2cccc3ccccc23)cc1. The van der Waals surface area contributed by atoms with E-state index in [4.69, 9.17) is 0 Å². The predicted octanol–water partition coefficient (Wildman–Crippen LogP) is 4.28. The van der Waals surface area contributed by atoms with Crippen molar-refractivity contribution in [2.45, 2.75) is 32.9 Å². The van der Waals surface area contributed by atoms with Crippen LogP contribution < -0.4 is 10.6 Å². The second kappa shape index (κ2) is 9.55. The van der Waals surface area contributed by atoms with Gasteiger partial charge in [-0.15, -0.1) is 0 Å². The molecule has 0 aliphatic carbocycles. The Morgan fingerprint density at radius 2 is 1.60 bits per heavy atom. The van der Waals surface area contributed by atoms with Crippen molar-refractivity contribution < 1.29 is 9.59 Å². The highest BCUT2D eigenvalue weighted by molar-refractivity contribution is 5.95. The second-order valence-electron chi connectivity index (χ2n) is 7.79. The van der Waals surface area contributed by atoms with Crippen molar-refractivity contribution in [3.63, 3.8) is 0 Å². The molecule has 2 atom stereocenters. The van der Waals surface area contributed by atoms with Gasteiger partial charge in [-0.05, 0) is 49.2 Å². The zero-order valence-corrected chi connectivity index (χ0v) is 18.0. The lowest BCUT2D eigenvalue weighted by atomic mass is 9.99. The van der Waals surface area contributed by atoms with Gasteiger partial charge in [0, 0.05) is 18.8 Å². The molecule has 0 aliphatic rings. The first-order chi connectivity index (χ1) is 14.3. The van der Waals surface area contributed by atoms with Crippen LogP contribution in [0.25, 0.3) is 10.8 Å². The van der Waals surface area contributed by atoms with Crippen LogP contribution in [-0.2, 0) is 9.59 Å². The maximum atomic E-state index is 12.8. The number of aryl methyl sites for hydroxylation is 1. The molecule has 0 radical (unpaired) electrons. The van der Waals surface area contributed by atoms with Crippen molar-refractivity contribution in [3.05, 3.63) is 77.9 Å². The van der Waals surface area contributed by atoms with Crippen molar-refractivity contribution in [2.24, 2.45) is 0 Å². The van der Waals surface area contributed by atoms with Crippen LogP contribution in [-0.4, -0.2) is 36.3 Å². The third kappa shape index (κ3) is 5.24. The topological polar surface area (TPSA) is 61.4 Å². The van der Waals surface area contributed by atoms with Gasteiger partial charge in [-0.3, -0.25) is 14.9 Å². The monoisotopic (exact) mass is 403 g/mol. The summed E-state index contributed by atoms with van der Waals surface area (Å²) in [5.41, 5.74) is 3.00. The molecule has 5 nitrogen and oxygen atoms in total. The normalized spacial score (nSPS) is 12.9. The molecule has 3 rings (SSSR count). The Hall–Kier alpha value is -3.18. The predicted molar refractivity (Wildman–Crippen MR) is 122 cm³/mol. The minimum absolute atomic E-state index is 0.00137. The molecule has 0 aromatic heterocycles. The fraction of sp³-hybridized carbons (Fsp3) is 0.280. The maximum absolute atomic E-state index is 12.8. The lowest BCUT2D eigenvalue weighted by Gasteiger charge is -2.25. The van der Waals surface area contributed by atoms with Gasteiger partial charge in [0.25, 0.3) is 0 Å².